The van der Waals surface area contributed by atoms with Crippen LogP contribution < -0.4 is 0 Å². The maximum Gasteiger partial charge on any atom is 0.268 e. The minimum atomic E-state index is -3.56. The van der Waals surface area contributed by atoms with Crippen molar-refractivity contribution in [3.63, 3.8) is 0 Å². The van der Waals surface area contributed by atoms with E-state index in [0.29, 0.717) is 30.6 Å². The van der Waals surface area contributed by atoms with Crippen LogP contribution in [0.25, 0.3) is 0 Å². The highest BCUT2D eigenvalue weighted by Gasteiger charge is 2.13. The van der Waals surface area contributed by atoms with Crippen LogP contribution in [0.4, 0.5) is 0 Å². The molecular formula is C15H20O5S2. The second kappa shape index (κ2) is 8.93. The first kappa shape index (κ1) is 18.7. The third-order valence-corrected chi connectivity index (χ3v) is 6.06. The number of terminal acetylenes is 1. The summed E-state index contributed by atoms with van der Waals surface area (Å²) in [6, 6.07) is 8.29. The Morgan fingerprint density at radius 2 is 1.50 bits per heavy atom. The number of hydrogen-bond acceptors (Lipinski definition) is 5. The normalized spacial score (nSPS) is 12.0. The Labute approximate surface area is 132 Å². The van der Waals surface area contributed by atoms with E-state index in [1.54, 1.807) is 30.3 Å². The van der Waals surface area contributed by atoms with Crippen molar-refractivity contribution in [1.29, 1.82) is 0 Å². The van der Waals surface area contributed by atoms with Gasteiger partial charge in [0.1, 0.15) is 6.61 Å². The van der Waals surface area contributed by atoms with Gasteiger partial charge in [-0.1, -0.05) is 37.0 Å². The summed E-state index contributed by atoms with van der Waals surface area (Å²) in [5, 5.41) is 0. The molecule has 0 saturated carbocycles. The SMILES string of the molecule is C#CCOS(=O)(=O)CCCCCCS(=O)(=O)c1ccccc1. The van der Waals surface area contributed by atoms with Gasteiger partial charge < -0.3 is 0 Å². The van der Waals surface area contributed by atoms with Crippen LogP contribution in [-0.4, -0.2) is 34.9 Å². The van der Waals surface area contributed by atoms with Gasteiger partial charge in [0.2, 0.25) is 0 Å². The molecule has 7 heteroatoms. The van der Waals surface area contributed by atoms with Crippen LogP contribution in [0.15, 0.2) is 35.2 Å². The van der Waals surface area contributed by atoms with Crippen molar-refractivity contribution in [3.05, 3.63) is 30.3 Å². The monoisotopic (exact) mass is 344 g/mol. The van der Waals surface area contributed by atoms with E-state index in [9.17, 15) is 16.8 Å². The summed E-state index contributed by atoms with van der Waals surface area (Å²) in [5.41, 5.74) is 0. The molecule has 0 aromatic heterocycles. The van der Waals surface area contributed by atoms with Gasteiger partial charge in [-0.2, -0.15) is 8.42 Å². The second-order valence-corrected chi connectivity index (χ2v) is 8.64. The molecule has 0 N–H and O–H groups in total. The molecule has 0 atom stereocenters. The molecule has 0 aliphatic rings. The molecule has 5 nitrogen and oxygen atoms in total. The fourth-order valence-corrected chi connectivity index (χ4v) is 4.17. The van der Waals surface area contributed by atoms with Crippen LogP contribution >= 0.6 is 0 Å². The van der Waals surface area contributed by atoms with Gasteiger partial charge in [0.05, 0.1) is 16.4 Å². The van der Waals surface area contributed by atoms with E-state index in [4.69, 9.17) is 6.42 Å². The Balaban J connectivity index is 2.25. The summed E-state index contributed by atoms with van der Waals surface area (Å²) < 4.78 is 51.3. The van der Waals surface area contributed by atoms with E-state index in [0.717, 1.165) is 0 Å². The molecule has 0 aliphatic heterocycles. The maximum absolute atomic E-state index is 12.0. The van der Waals surface area contributed by atoms with Crippen LogP contribution in [0.3, 0.4) is 0 Å². The minimum absolute atomic E-state index is 0.0668. The molecule has 0 amide bonds. The van der Waals surface area contributed by atoms with Crippen molar-refractivity contribution in [2.75, 3.05) is 18.1 Å². The summed E-state index contributed by atoms with van der Waals surface area (Å²) in [7, 11) is -6.82. The summed E-state index contributed by atoms with van der Waals surface area (Å²) >= 11 is 0. The van der Waals surface area contributed by atoms with Crippen molar-refractivity contribution < 1.29 is 21.0 Å². The molecule has 1 aromatic rings. The summed E-state index contributed by atoms with van der Waals surface area (Å²) in [6.45, 7) is -0.252. The topological polar surface area (TPSA) is 77.5 Å². The van der Waals surface area contributed by atoms with E-state index in [2.05, 4.69) is 10.1 Å². The molecule has 0 fully saturated rings. The van der Waals surface area contributed by atoms with Gasteiger partial charge >= 0.3 is 0 Å². The third-order valence-electron chi connectivity index (χ3n) is 2.98. The zero-order valence-electron chi connectivity index (χ0n) is 12.3. The molecule has 0 bridgehead atoms. The Kier molecular flexibility index (Phi) is 7.59. The molecule has 0 radical (unpaired) electrons. The lowest BCUT2D eigenvalue weighted by atomic mass is 10.2. The maximum atomic E-state index is 12.0. The lowest BCUT2D eigenvalue weighted by Gasteiger charge is -2.05. The summed E-state index contributed by atoms with van der Waals surface area (Å²) in [4.78, 5) is 0.320. The standard InChI is InChI=1S/C15H20O5S2/c1-2-12-20-22(18,19)14-9-4-3-8-13-21(16,17)15-10-6-5-7-11-15/h1,5-7,10-11H,3-4,8-9,12-14H2. The van der Waals surface area contributed by atoms with E-state index < -0.39 is 20.0 Å². The van der Waals surface area contributed by atoms with Gasteiger partial charge in [-0.15, -0.1) is 6.42 Å². The van der Waals surface area contributed by atoms with Crippen molar-refractivity contribution >= 4 is 20.0 Å². The molecule has 1 aromatic carbocycles. The fraction of sp³-hybridized carbons (Fsp3) is 0.467. The fourth-order valence-electron chi connectivity index (χ4n) is 1.85. The lowest BCUT2D eigenvalue weighted by Crippen LogP contribution is -2.11. The van der Waals surface area contributed by atoms with Crippen molar-refractivity contribution in [1.82, 2.24) is 0 Å². The first-order valence-corrected chi connectivity index (χ1v) is 10.2. The molecule has 0 saturated heterocycles. The first-order valence-electron chi connectivity index (χ1n) is 6.96. The molecule has 1 rings (SSSR count). The number of sulfone groups is 1. The molecule has 0 aliphatic carbocycles. The molecule has 0 heterocycles. The Bertz CT molecular complexity index is 685. The average Bonchev–Trinajstić information content (AvgIpc) is 2.49. The van der Waals surface area contributed by atoms with E-state index in [-0.39, 0.29) is 18.1 Å². The van der Waals surface area contributed by atoms with Gasteiger partial charge in [-0.25, -0.2) is 8.42 Å². The van der Waals surface area contributed by atoms with Gasteiger partial charge in [0.25, 0.3) is 10.1 Å². The molecular weight excluding hydrogens is 324 g/mol. The predicted molar refractivity (Wildman–Crippen MR) is 85.5 cm³/mol. The van der Waals surface area contributed by atoms with Crippen LogP contribution in [-0.2, 0) is 24.1 Å². The summed E-state index contributed by atoms with van der Waals surface area (Å²) in [6.07, 6.45) is 7.13. The highest BCUT2D eigenvalue weighted by Crippen LogP contribution is 2.13. The van der Waals surface area contributed by atoms with Crippen LogP contribution in [0, 0.1) is 12.3 Å². The number of unbranched alkanes of at least 4 members (excludes halogenated alkanes) is 3. The predicted octanol–water partition coefficient (Wildman–Crippen LogP) is 2.00. The number of benzene rings is 1. The molecule has 0 spiro atoms. The molecule has 0 unspecified atom stereocenters. The Hall–Kier alpha value is -1.36. The second-order valence-electron chi connectivity index (χ2n) is 4.77. The van der Waals surface area contributed by atoms with Gasteiger partial charge in [-0.05, 0) is 25.0 Å². The lowest BCUT2D eigenvalue weighted by molar-refractivity contribution is 0.362. The Morgan fingerprint density at radius 3 is 2.09 bits per heavy atom. The first-order chi connectivity index (χ1) is 10.4. The Morgan fingerprint density at radius 1 is 0.909 bits per heavy atom. The van der Waals surface area contributed by atoms with Gasteiger partial charge in [0.15, 0.2) is 9.84 Å². The quantitative estimate of drug-likeness (QED) is 0.368. The summed E-state index contributed by atoms with van der Waals surface area (Å²) in [5.74, 6) is 2.07. The van der Waals surface area contributed by atoms with Crippen molar-refractivity contribution in [3.8, 4) is 12.3 Å². The van der Waals surface area contributed by atoms with E-state index >= 15 is 0 Å². The molecule has 122 valence electrons. The van der Waals surface area contributed by atoms with Crippen LogP contribution in [0.1, 0.15) is 25.7 Å². The van der Waals surface area contributed by atoms with E-state index in [1.165, 1.54) is 0 Å². The van der Waals surface area contributed by atoms with Gasteiger partial charge in [0, 0.05) is 0 Å². The highest BCUT2D eigenvalue weighted by atomic mass is 32.2. The zero-order valence-corrected chi connectivity index (χ0v) is 13.9. The number of rotatable bonds is 10. The smallest absolute Gasteiger partial charge is 0.257 e. The minimum Gasteiger partial charge on any atom is -0.257 e. The van der Waals surface area contributed by atoms with Gasteiger partial charge in [-0.3, -0.25) is 4.18 Å². The largest absolute Gasteiger partial charge is 0.268 e. The van der Waals surface area contributed by atoms with Crippen LogP contribution in [0.2, 0.25) is 0 Å². The average molecular weight is 344 g/mol. The van der Waals surface area contributed by atoms with Crippen molar-refractivity contribution in [2.24, 2.45) is 0 Å². The molecule has 22 heavy (non-hydrogen) atoms. The zero-order chi connectivity index (χ0) is 16.5. The van der Waals surface area contributed by atoms with E-state index in [1.807, 2.05) is 0 Å². The van der Waals surface area contributed by atoms with Crippen LogP contribution in [0.5, 0.6) is 0 Å². The van der Waals surface area contributed by atoms with Crippen molar-refractivity contribution in [2.45, 2.75) is 30.6 Å². The highest BCUT2D eigenvalue weighted by molar-refractivity contribution is 7.91. The third kappa shape index (κ3) is 7.07. The number of hydrogen-bond donors (Lipinski definition) is 0.